The van der Waals surface area contributed by atoms with Crippen LogP contribution in [0.1, 0.15) is 18.4 Å². The molecule has 1 saturated heterocycles. The van der Waals surface area contributed by atoms with Gasteiger partial charge in [-0.05, 0) is 43.2 Å². The minimum Gasteiger partial charge on any atom is -0.492 e. The second-order valence-electron chi connectivity index (χ2n) is 6.88. The van der Waals surface area contributed by atoms with Gasteiger partial charge in [-0.2, -0.15) is 13.2 Å². The SMILES string of the molecule is O=C(NCCOc1ccc(F)cc1)C1CCN(c2ncc(C(F)(F)F)cc2Cl)CC1. The summed E-state index contributed by atoms with van der Waals surface area (Å²) in [6, 6.07) is 6.46. The van der Waals surface area contributed by atoms with Crippen molar-refractivity contribution in [1.82, 2.24) is 10.3 Å². The molecule has 1 amide bonds. The van der Waals surface area contributed by atoms with E-state index in [1.54, 1.807) is 4.90 Å². The fraction of sp³-hybridized carbons (Fsp3) is 0.400. The molecule has 1 aliphatic rings. The van der Waals surface area contributed by atoms with E-state index in [0.29, 0.717) is 38.2 Å². The molecule has 0 bridgehead atoms. The number of carbonyl (C=O) groups excluding carboxylic acids is 1. The number of anilines is 1. The highest BCUT2D eigenvalue weighted by molar-refractivity contribution is 6.33. The van der Waals surface area contributed by atoms with Crippen molar-refractivity contribution in [1.29, 1.82) is 0 Å². The van der Waals surface area contributed by atoms with E-state index in [1.165, 1.54) is 24.3 Å². The van der Waals surface area contributed by atoms with E-state index in [4.69, 9.17) is 16.3 Å². The first-order valence-electron chi connectivity index (χ1n) is 9.38. The third-order valence-corrected chi connectivity index (χ3v) is 5.08. The van der Waals surface area contributed by atoms with Crippen molar-refractivity contribution < 1.29 is 27.1 Å². The molecule has 5 nitrogen and oxygen atoms in total. The molecule has 0 saturated carbocycles. The predicted molar refractivity (Wildman–Crippen MR) is 104 cm³/mol. The molecular formula is C20H20ClF4N3O2. The Labute approximate surface area is 176 Å². The summed E-state index contributed by atoms with van der Waals surface area (Å²) in [5, 5.41) is 2.74. The summed E-state index contributed by atoms with van der Waals surface area (Å²) >= 11 is 5.99. The monoisotopic (exact) mass is 445 g/mol. The van der Waals surface area contributed by atoms with E-state index in [1.807, 2.05) is 0 Å². The molecule has 2 heterocycles. The molecule has 1 aromatic carbocycles. The van der Waals surface area contributed by atoms with Crippen molar-refractivity contribution in [2.75, 3.05) is 31.1 Å². The molecule has 1 aromatic heterocycles. The molecule has 10 heteroatoms. The minimum atomic E-state index is -4.50. The Balaban J connectivity index is 1.43. The van der Waals surface area contributed by atoms with Gasteiger partial charge in [0.25, 0.3) is 0 Å². The lowest BCUT2D eigenvalue weighted by molar-refractivity contribution is -0.137. The van der Waals surface area contributed by atoms with Gasteiger partial charge in [0.05, 0.1) is 17.1 Å². The average Bonchev–Trinajstić information content (AvgIpc) is 2.72. The minimum absolute atomic E-state index is 0.0642. The van der Waals surface area contributed by atoms with E-state index < -0.39 is 11.7 Å². The maximum absolute atomic E-state index is 12.8. The standard InChI is InChI=1S/C20H20ClF4N3O2/c21-17-11-14(20(23,24)25)12-27-18(17)28-8-5-13(6-9-28)19(29)26-7-10-30-16-3-1-15(22)2-4-16/h1-4,11-13H,5-10H2,(H,26,29). The van der Waals surface area contributed by atoms with E-state index >= 15 is 0 Å². The first-order valence-corrected chi connectivity index (χ1v) is 9.75. The lowest BCUT2D eigenvalue weighted by Gasteiger charge is -2.32. The summed E-state index contributed by atoms with van der Waals surface area (Å²) in [7, 11) is 0. The second kappa shape index (κ2) is 9.51. The number of halogens is 5. The summed E-state index contributed by atoms with van der Waals surface area (Å²) in [5.41, 5.74) is -0.895. The zero-order chi connectivity index (χ0) is 21.7. The second-order valence-corrected chi connectivity index (χ2v) is 7.29. The van der Waals surface area contributed by atoms with Gasteiger partial charge in [0, 0.05) is 25.2 Å². The van der Waals surface area contributed by atoms with Crippen LogP contribution in [0.4, 0.5) is 23.4 Å². The Morgan fingerprint density at radius 2 is 1.90 bits per heavy atom. The molecule has 0 unspecified atom stereocenters. The van der Waals surface area contributed by atoms with Gasteiger partial charge >= 0.3 is 6.18 Å². The Hall–Kier alpha value is -2.55. The van der Waals surface area contributed by atoms with Crippen molar-refractivity contribution in [2.24, 2.45) is 5.92 Å². The number of carbonyl (C=O) groups is 1. The van der Waals surface area contributed by atoms with Crippen molar-refractivity contribution in [3.05, 3.63) is 52.9 Å². The van der Waals surface area contributed by atoms with Crippen molar-refractivity contribution in [3.63, 3.8) is 0 Å². The maximum atomic E-state index is 12.8. The van der Waals surface area contributed by atoms with Gasteiger partial charge in [-0.15, -0.1) is 0 Å². The van der Waals surface area contributed by atoms with E-state index in [0.717, 1.165) is 12.3 Å². The third kappa shape index (κ3) is 5.75. The molecule has 1 aliphatic heterocycles. The van der Waals surface area contributed by atoms with Gasteiger partial charge in [-0.3, -0.25) is 4.79 Å². The number of benzene rings is 1. The Morgan fingerprint density at radius 1 is 1.23 bits per heavy atom. The smallest absolute Gasteiger partial charge is 0.417 e. The van der Waals surface area contributed by atoms with Crippen LogP contribution in [0.2, 0.25) is 5.02 Å². The number of pyridine rings is 1. The quantitative estimate of drug-likeness (QED) is 0.532. The number of nitrogens with one attached hydrogen (secondary N) is 1. The molecule has 0 radical (unpaired) electrons. The largest absolute Gasteiger partial charge is 0.492 e. The van der Waals surface area contributed by atoms with Crippen LogP contribution >= 0.6 is 11.6 Å². The number of rotatable bonds is 6. The molecule has 0 spiro atoms. The van der Waals surface area contributed by atoms with Crippen LogP contribution in [0.15, 0.2) is 36.5 Å². The van der Waals surface area contributed by atoms with E-state index in [2.05, 4.69) is 10.3 Å². The number of aromatic nitrogens is 1. The number of hydrogen-bond donors (Lipinski definition) is 1. The lowest BCUT2D eigenvalue weighted by Crippen LogP contribution is -2.41. The van der Waals surface area contributed by atoms with Crippen molar-refractivity contribution >= 4 is 23.3 Å². The molecular weight excluding hydrogens is 426 g/mol. The molecule has 162 valence electrons. The summed E-state index contributed by atoms with van der Waals surface area (Å²) in [4.78, 5) is 18.0. The van der Waals surface area contributed by atoms with Gasteiger partial charge in [0.2, 0.25) is 5.91 Å². The van der Waals surface area contributed by atoms with Crippen LogP contribution in [0.3, 0.4) is 0 Å². The van der Waals surface area contributed by atoms with Crippen molar-refractivity contribution in [2.45, 2.75) is 19.0 Å². The fourth-order valence-corrected chi connectivity index (χ4v) is 3.48. The summed E-state index contributed by atoms with van der Waals surface area (Å²) < 4.78 is 56.5. The predicted octanol–water partition coefficient (Wildman–Crippen LogP) is 4.30. The zero-order valence-corrected chi connectivity index (χ0v) is 16.6. The Kier molecular flexibility index (Phi) is 7.02. The highest BCUT2D eigenvalue weighted by atomic mass is 35.5. The molecule has 2 aromatic rings. The molecule has 0 aliphatic carbocycles. The zero-order valence-electron chi connectivity index (χ0n) is 15.9. The van der Waals surface area contributed by atoms with Gasteiger partial charge < -0.3 is 15.0 Å². The molecule has 0 atom stereocenters. The first kappa shape index (κ1) is 22.1. The number of alkyl halides is 3. The topological polar surface area (TPSA) is 54.5 Å². The number of amides is 1. The normalized spacial score (nSPS) is 15.2. The molecule has 1 N–H and O–H groups in total. The Bertz CT molecular complexity index is 869. The molecule has 1 fully saturated rings. The van der Waals surface area contributed by atoms with Crippen LogP contribution in [0.25, 0.3) is 0 Å². The van der Waals surface area contributed by atoms with Crippen LogP contribution in [0.5, 0.6) is 5.75 Å². The Morgan fingerprint density at radius 3 is 2.50 bits per heavy atom. The lowest BCUT2D eigenvalue weighted by atomic mass is 9.96. The number of piperidine rings is 1. The van der Waals surface area contributed by atoms with Crippen LogP contribution < -0.4 is 15.0 Å². The molecule has 30 heavy (non-hydrogen) atoms. The fourth-order valence-electron chi connectivity index (χ4n) is 3.19. The van der Waals surface area contributed by atoms with Crippen LogP contribution in [-0.2, 0) is 11.0 Å². The number of ether oxygens (including phenoxy) is 1. The average molecular weight is 446 g/mol. The van der Waals surface area contributed by atoms with Crippen molar-refractivity contribution in [3.8, 4) is 5.75 Å². The summed E-state index contributed by atoms with van der Waals surface area (Å²) in [6.07, 6.45) is -2.67. The highest BCUT2D eigenvalue weighted by Gasteiger charge is 2.33. The van der Waals surface area contributed by atoms with E-state index in [9.17, 15) is 22.4 Å². The van der Waals surface area contributed by atoms with Crippen LogP contribution in [0, 0.1) is 11.7 Å². The number of nitrogens with zero attached hydrogens (tertiary/aromatic N) is 2. The maximum Gasteiger partial charge on any atom is 0.417 e. The summed E-state index contributed by atoms with van der Waals surface area (Å²) in [6.45, 7) is 1.48. The highest BCUT2D eigenvalue weighted by Crippen LogP contribution is 2.34. The van der Waals surface area contributed by atoms with Gasteiger partial charge in [0.1, 0.15) is 24.0 Å². The third-order valence-electron chi connectivity index (χ3n) is 4.80. The summed E-state index contributed by atoms with van der Waals surface area (Å²) in [5.74, 6) is 0.134. The molecule has 3 rings (SSSR count). The van der Waals surface area contributed by atoms with E-state index in [-0.39, 0.29) is 35.1 Å². The van der Waals surface area contributed by atoms with Crippen LogP contribution in [-0.4, -0.2) is 37.1 Å². The number of hydrogen-bond acceptors (Lipinski definition) is 4. The van der Waals surface area contributed by atoms with Gasteiger partial charge in [-0.25, -0.2) is 9.37 Å². The van der Waals surface area contributed by atoms with Gasteiger partial charge in [-0.1, -0.05) is 11.6 Å². The first-order chi connectivity index (χ1) is 14.2. The van der Waals surface area contributed by atoms with Gasteiger partial charge in [0.15, 0.2) is 0 Å².